The van der Waals surface area contributed by atoms with Crippen LogP contribution in [0.3, 0.4) is 0 Å². The fourth-order valence-corrected chi connectivity index (χ4v) is 1.72. The number of hydrogen-bond donors (Lipinski definition) is 1. The Morgan fingerprint density at radius 2 is 2.33 bits per heavy atom. The third kappa shape index (κ3) is 4.18. The van der Waals surface area contributed by atoms with Crippen molar-refractivity contribution < 1.29 is 9.53 Å². The number of unbranched alkanes of at least 4 members (excludes halogenated alkanes) is 1. The summed E-state index contributed by atoms with van der Waals surface area (Å²) < 4.78 is 5.43. The molecule has 4 nitrogen and oxygen atoms in total. The Kier molecular flexibility index (Phi) is 5.65. The molecule has 0 aliphatic carbocycles. The molecule has 0 aromatic carbocycles. The number of carbonyl (C=O) groups excluding carboxylic acids is 1. The molecule has 0 radical (unpaired) electrons. The van der Waals surface area contributed by atoms with Gasteiger partial charge < -0.3 is 15.4 Å². The van der Waals surface area contributed by atoms with Gasteiger partial charge in [-0.05, 0) is 19.3 Å². The lowest BCUT2D eigenvalue weighted by Gasteiger charge is -2.30. The first kappa shape index (κ1) is 12.5. The zero-order chi connectivity index (χ0) is 11.1. The topological polar surface area (TPSA) is 55.6 Å². The van der Waals surface area contributed by atoms with Gasteiger partial charge in [0.05, 0.1) is 12.6 Å². The second-order valence-corrected chi connectivity index (χ2v) is 4.04. The van der Waals surface area contributed by atoms with Gasteiger partial charge in [-0.15, -0.1) is 0 Å². The molecule has 2 N–H and O–H groups in total. The van der Waals surface area contributed by atoms with Crippen molar-refractivity contribution in [2.75, 3.05) is 26.3 Å². The van der Waals surface area contributed by atoms with E-state index in [2.05, 4.69) is 6.92 Å². The molecule has 1 unspecified atom stereocenters. The molecule has 1 aliphatic heterocycles. The van der Waals surface area contributed by atoms with Crippen LogP contribution in [0.15, 0.2) is 0 Å². The minimum Gasteiger partial charge on any atom is -0.380 e. The number of rotatable bonds is 6. The van der Waals surface area contributed by atoms with Crippen LogP contribution in [0.25, 0.3) is 0 Å². The highest BCUT2D eigenvalue weighted by Crippen LogP contribution is 2.09. The van der Waals surface area contributed by atoms with E-state index in [0.29, 0.717) is 13.2 Å². The van der Waals surface area contributed by atoms with Crippen molar-refractivity contribution in [1.82, 2.24) is 4.90 Å². The van der Waals surface area contributed by atoms with E-state index in [1.54, 1.807) is 0 Å². The van der Waals surface area contributed by atoms with Gasteiger partial charge in [-0.1, -0.05) is 13.3 Å². The first-order chi connectivity index (χ1) is 7.25. The van der Waals surface area contributed by atoms with E-state index in [0.717, 1.165) is 38.8 Å². The van der Waals surface area contributed by atoms with Gasteiger partial charge in [0.2, 0.25) is 5.91 Å². The van der Waals surface area contributed by atoms with Crippen molar-refractivity contribution in [2.24, 2.45) is 5.73 Å². The third-order valence-electron chi connectivity index (χ3n) is 2.72. The van der Waals surface area contributed by atoms with Crippen LogP contribution in [0.2, 0.25) is 0 Å². The molecule has 15 heavy (non-hydrogen) atoms. The number of piperidine rings is 1. The highest BCUT2D eigenvalue weighted by molar-refractivity contribution is 5.82. The summed E-state index contributed by atoms with van der Waals surface area (Å²) in [5, 5.41) is 0. The predicted octanol–water partition coefficient (Wildman–Crippen LogP) is 0.753. The van der Waals surface area contributed by atoms with Crippen LogP contribution in [-0.2, 0) is 9.53 Å². The van der Waals surface area contributed by atoms with Crippen molar-refractivity contribution in [3.8, 4) is 0 Å². The second-order valence-electron chi connectivity index (χ2n) is 4.04. The number of hydrogen-bond acceptors (Lipinski definition) is 3. The quantitative estimate of drug-likeness (QED) is 0.664. The smallest absolute Gasteiger partial charge is 0.239 e. The van der Waals surface area contributed by atoms with Gasteiger partial charge in [0.15, 0.2) is 0 Å². The van der Waals surface area contributed by atoms with E-state index in [9.17, 15) is 4.79 Å². The molecule has 0 saturated carbocycles. The Bertz CT molecular complexity index is 197. The van der Waals surface area contributed by atoms with Crippen molar-refractivity contribution in [3.05, 3.63) is 0 Å². The summed E-state index contributed by atoms with van der Waals surface area (Å²) in [4.78, 5) is 13.4. The zero-order valence-electron chi connectivity index (χ0n) is 9.58. The van der Waals surface area contributed by atoms with Crippen LogP contribution >= 0.6 is 0 Å². The standard InChI is InChI=1S/C11H22N2O2/c1-2-3-8-15-9-7-13-6-4-5-10(12)11(13)14/h10H,2-9,12H2,1H3. The van der Waals surface area contributed by atoms with E-state index < -0.39 is 0 Å². The van der Waals surface area contributed by atoms with Crippen LogP contribution in [-0.4, -0.2) is 43.2 Å². The molecule has 0 spiro atoms. The van der Waals surface area contributed by atoms with Gasteiger partial charge in [0, 0.05) is 19.7 Å². The molecule has 1 heterocycles. The van der Waals surface area contributed by atoms with Gasteiger partial charge in [-0.25, -0.2) is 0 Å². The van der Waals surface area contributed by atoms with E-state index in [1.807, 2.05) is 4.90 Å². The Morgan fingerprint density at radius 1 is 1.53 bits per heavy atom. The van der Waals surface area contributed by atoms with Gasteiger partial charge >= 0.3 is 0 Å². The molecule has 1 atom stereocenters. The summed E-state index contributed by atoms with van der Waals surface area (Å²) in [6, 6.07) is -0.283. The Balaban J connectivity index is 2.12. The van der Waals surface area contributed by atoms with Crippen LogP contribution < -0.4 is 5.73 Å². The minimum absolute atomic E-state index is 0.0836. The van der Waals surface area contributed by atoms with Gasteiger partial charge in [-0.3, -0.25) is 4.79 Å². The number of ether oxygens (including phenoxy) is 1. The molecule has 1 fully saturated rings. The predicted molar refractivity (Wildman–Crippen MR) is 59.5 cm³/mol. The third-order valence-corrected chi connectivity index (χ3v) is 2.72. The van der Waals surface area contributed by atoms with Crippen molar-refractivity contribution in [2.45, 2.75) is 38.6 Å². The number of nitrogens with zero attached hydrogens (tertiary/aromatic N) is 1. The highest BCUT2D eigenvalue weighted by atomic mass is 16.5. The normalized spacial score (nSPS) is 22.1. The first-order valence-corrected chi connectivity index (χ1v) is 5.87. The SMILES string of the molecule is CCCCOCCN1CCCC(N)C1=O. The average molecular weight is 214 g/mol. The highest BCUT2D eigenvalue weighted by Gasteiger charge is 2.24. The summed E-state index contributed by atoms with van der Waals surface area (Å²) in [7, 11) is 0. The van der Waals surface area contributed by atoms with Crippen LogP contribution in [0.4, 0.5) is 0 Å². The molecule has 1 amide bonds. The largest absolute Gasteiger partial charge is 0.380 e. The molecular weight excluding hydrogens is 192 g/mol. The summed E-state index contributed by atoms with van der Waals surface area (Å²) in [5.74, 6) is 0.0836. The molecule has 4 heteroatoms. The summed E-state index contributed by atoms with van der Waals surface area (Å²) in [6.07, 6.45) is 4.08. The summed E-state index contributed by atoms with van der Waals surface area (Å²) in [6.45, 7) is 5.10. The van der Waals surface area contributed by atoms with Crippen LogP contribution in [0.5, 0.6) is 0 Å². The van der Waals surface area contributed by atoms with E-state index in [-0.39, 0.29) is 11.9 Å². The van der Waals surface area contributed by atoms with E-state index in [1.165, 1.54) is 0 Å². The monoisotopic (exact) mass is 214 g/mol. The first-order valence-electron chi connectivity index (χ1n) is 5.87. The lowest BCUT2D eigenvalue weighted by atomic mass is 10.1. The van der Waals surface area contributed by atoms with Gasteiger partial charge in [0.25, 0.3) is 0 Å². The van der Waals surface area contributed by atoms with E-state index in [4.69, 9.17) is 10.5 Å². The minimum atomic E-state index is -0.283. The molecule has 0 aromatic rings. The molecule has 1 rings (SSSR count). The number of nitrogens with two attached hydrogens (primary N) is 1. The molecular formula is C11H22N2O2. The Hall–Kier alpha value is -0.610. The van der Waals surface area contributed by atoms with Crippen molar-refractivity contribution in [3.63, 3.8) is 0 Å². The molecule has 0 bridgehead atoms. The molecule has 1 aliphatic rings. The summed E-state index contributed by atoms with van der Waals surface area (Å²) in [5.41, 5.74) is 5.69. The average Bonchev–Trinajstić information content (AvgIpc) is 2.24. The van der Waals surface area contributed by atoms with Crippen molar-refractivity contribution >= 4 is 5.91 Å². The van der Waals surface area contributed by atoms with Crippen molar-refractivity contribution in [1.29, 1.82) is 0 Å². The maximum atomic E-state index is 11.6. The zero-order valence-corrected chi connectivity index (χ0v) is 9.58. The lowest BCUT2D eigenvalue weighted by molar-refractivity contribution is -0.135. The van der Waals surface area contributed by atoms with Gasteiger partial charge in [-0.2, -0.15) is 0 Å². The number of carbonyl (C=O) groups is 1. The molecule has 88 valence electrons. The fourth-order valence-electron chi connectivity index (χ4n) is 1.72. The number of amides is 1. The maximum Gasteiger partial charge on any atom is 0.239 e. The van der Waals surface area contributed by atoms with Crippen LogP contribution in [0, 0.1) is 0 Å². The Morgan fingerprint density at radius 3 is 3.07 bits per heavy atom. The van der Waals surface area contributed by atoms with Crippen LogP contribution in [0.1, 0.15) is 32.6 Å². The molecule has 1 saturated heterocycles. The van der Waals surface area contributed by atoms with E-state index >= 15 is 0 Å². The second kappa shape index (κ2) is 6.80. The fraction of sp³-hybridized carbons (Fsp3) is 0.909. The van der Waals surface area contributed by atoms with Gasteiger partial charge in [0.1, 0.15) is 0 Å². The number of likely N-dealkylation sites (tertiary alicyclic amines) is 1. The molecule has 0 aromatic heterocycles. The lowest BCUT2D eigenvalue weighted by Crippen LogP contribution is -2.49. The Labute approximate surface area is 91.8 Å². The summed E-state index contributed by atoms with van der Waals surface area (Å²) >= 11 is 0. The maximum absolute atomic E-state index is 11.6.